The van der Waals surface area contributed by atoms with Crippen molar-refractivity contribution < 1.29 is 0 Å². The predicted molar refractivity (Wildman–Crippen MR) is 98.3 cm³/mol. The molecule has 0 radical (unpaired) electrons. The number of aryl methyl sites for hydroxylation is 1. The summed E-state index contributed by atoms with van der Waals surface area (Å²) in [5, 5.41) is 14.8. The standard InChI is InChI=1S/C18H22N6S/c1-11-9-14(11)17-21-20-15-3-4-16(22-24(15)17)23-7-5-13(6-8-23)18-19-10-12(2)25-18/h3-4,10-11,13-14H,5-9H2,1-2H3. The van der Waals surface area contributed by atoms with Crippen molar-refractivity contribution in [3.05, 3.63) is 34.0 Å². The molecule has 1 saturated heterocycles. The normalized spacial score (nSPS) is 24.2. The first-order valence-corrected chi connectivity index (χ1v) is 9.90. The molecule has 1 aliphatic carbocycles. The average Bonchev–Trinajstić information content (AvgIpc) is 3.03. The second kappa shape index (κ2) is 5.76. The van der Waals surface area contributed by atoms with Gasteiger partial charge in [0, 0.05) is 36.0 Å². The zero-order chi connectivity index (χ0) is 17.0. The highest BCUT2D eigenvalue weighted by Crippen LogP contribution is 2.45. The van der Waals surface area contributed by atoms with Crippen LogP contribution in [0.25, 0.3) is 5.65 Å². The van der Waals surface area contributed by atoms with Crippen LogP contribution in [-0.2, 0) is 0 Å². The van der Waals surface area contributed by atoms with Crippen LogP contribution in [0.3, 0.4) is 0 Å². The minimum atomic E-state index is 0.525. The van der Waals surface area contributed by atoms with E-state index in [4.69, 9.17) is 5.10 Å². The molecule has 0 amide bonds. The number of hydrogen-bond donors (Lipinski definition) is 0. The minimum absolute atomic E-state index is 0.525. The second-order valence-corrected chi connectivity index (χ2v) is 8.68. The zero-order valence-corrected chi connectivity index (χ0v) is 15.4. The molecule has 0 spiro atoms. The van der Waals surface area contributed by atoms with Crippen LogP contribution in [0.1, 0.15) is 53.7 Å². The Kier molecular flexibility index (Phi) is 3.51. The monoisotopic (exact) mass is 354 g/mol. The van der Waals surface area contributed by atoms with Crippen molar-refractivity contribution in [1.29, 1.82) is 0 Å². The number of nitrogens with zero attached hydrogens (tertiary/aromatic N) is 6. The van der Waals surface area contributed by atoms with Gasteiger partial charge in [0.25, 0.3) is 0 Å². The Labute approximate surface area is 150 Å². The molecule has 7 heteroatoms. The molecule has 3 aromatic rings. The summed E-state index contributed by atoms with van der Waals surface area (Å²) in [4.78, 5) is 8.27. The highest BCUT2D eigenvalue weighted by Gasteiger charge is 2.38. The van der Waals surface area contributed by atoms with E-state index in [1.165, 1.54) is 16.3 Å². The molecular formula is C18H22N6S. The predicted octanol–water partition coefficient (Wildman–Crippen LogP) is 3.40. The number of hydrogen-bond acceptors (Lipinski definition) is 6. The Morgan fingerprint density at radius 2 is 1.96 bits per heavy atom. The summed E-state index contributed by atoms with van der Waals surface area (Å²) >= 11 is 1.84. The van der Waals surface area contributed by atoms with Gasteiger partial charge in [-0.1, -0.05) is 6.92 Å². The van der Waals surface area contributed by atoms with Crippen LogP contribution >= 0.6 is 11.3 Å². The number of piperidine rings is 1. The topological polar surface area (TPSA) is 59.2 Å². The molecule has 0 N–H and O–H groups in total. The Bertz CT molecular complexity index is 907. The molecule has 130 valence electrons. The molecule has 1 saturated carbocycles. The molecule has 25 heavy (non-hydrogen) atoms. The highest BCUT2D eigenvalue weighted by atomic mass is 32.1. The third-order valence-corrected chi connectivity index (χ3v) is 6.60. The number of fused-ring (bicyclic) bond motifs is 1. The largest absolute Gasteiger partial charge is 0.355 e. The Hall–Kier alpha value is -2.02. The van der Waals surface area contributed by atoms with Crippen molar-refractivity contribution in [1.82, 2.24) is 24.8 Å². The van der Waals surface area contributed by atoms with Crippen LogP contribution < -0.4 is 4.90 Å². The maximum atomic E-state index is 4.86. The first-order chi connectivity index (χ1) is 12.2. The lowest BCUT2D eigenvalue weighted by Gasteiger charge is -2.31. The van der Waals surface area contributed by atoms with Crippen molar-refractivity contribution in [3.8, 4) is 0 Å². The van der Waals surface area contributed by atoms with Crippen LogP contribution in [0.5, 0.6) is 0 Å². The third-order valence-electron chi connectivity index (χ3n) is 5.52. The van der Waals surface area contributed by atoms with Crippen molar-refractivity contribution in [2.45, 2.75) is 44.9 Å². The average molecular weight is 354 g/mol. The van der Waals surface area contributed by atoms with E-state index < -0.39 is 0 Å². The zero-order valence-electron chi connectivity index (χ0n) is 14.6. The van der Waals surface area contributed by atoms with Crippen LogP contribution in [0.4, 0.5) is 5.82 Å². The van der Waals surface area contributed by atoms with Crippen molar-refractivity contribution in [2.24, 2.45) is 5.92 Å². The van der Waals surface area contributed by atoms with E-state index in [9.17, 15) is 0 Å². The number of thiazole rings is 1. The number of rotatable bonds is 3. The van der Waals surface area contributed by atoms with Gasteiger partial charge in [-0.3, -0.25) is 0 Å². The molecule has 3 aromatic heterocycles. The van der Waals surface area contributed by atoms with Crippen LogP contribution in [0.2, 0.25) is 0 Å². The van der Waals surface area contributed by atoms with E-state index in [2.05, 4.69) is 40.0 Å². The summed E-state index contributed by atoms with van der Waals surface area (Å²) in [5.74, 6) is 3.89. The maximum Gasteiger partial charge on any atom is 0.178 e. The molecule has 5 rings (SSSR count). The first kappa shape index (κ1) is 15.3. The molecule has 1 aliphatic heterocycles. The quantitative estimate of drug-likeness (QED) is 0.721. The molecule has 2 fully saturated rings. The summed E-state index contributed by atoms with van der Waals surface area (Å²) < 4.78 is 1.96. The summed E-state index contributed by atoms with van der Waals surface area (Å²) in [7, 11) is 0. The van der Waals surface area contributed by atoms with Gasteiger partial charge in [0.15, 0.2) is 11.5 Å². The summed E-state index contributed by atoms with van der Waals surface area (Å²) in [6.07, 6.45) is 5.47. The molecular weight excluding hydrogens is 332 g/mol. The maximum absolute atomic E-state index is 4.86. The molecule has 0 aromatic carbocycles. The van der Waals surface area contributed by atoms with Gasteiger partial charge in [-0.2, -0.15) is 4.52 Å². The van der Waals surface area contributed by atoms with Crippen LogP contribution in [0, 0.1) is 12.8 Å². The van der Waals surface area contributed by atoms with E-state index in [1.807, 2.05) is 28.1 Å². The Morgan fingerprint density at radius 1 is 1.16 bits per heavy atom. The molecule has 2 atom stereocenters. The van der Waals surface area contributed by atoms with Gasteiger partial charge >= 0.3 is 0 Å². The number of aromatic nitrogens is 5. The fourth-order valence-corrected chi connectivity index (χ4v) is 4.74. The lowest BCUT2D eigenvalue weighted by atomic mass is 9.97. The van der Waals surface area contributed by atoms with Gasteiger partial charge in [-0.15, -0.1) is 26.6 Å². The SMILES string of the molecule is Cc1cnc(C2CCN(c3ccc4nnc(C5CC5C)n4n3)CC2)s1. The lowest BCUT2D eigenvalue weighted by molar-refractivity contribution is 0.499. The van der Waals surface area contributed by atoms with E-state index in [1.54, 1.807) is 0 Å². The summed E-state index contributed by atoms with van der Waals surface area (Å²) in [5.41, 5.74) is 0.853. The van der Waals surface area contributed by atoms with E-state index in [-0.39, 0.29) is 0 Å². The number of anilines is 1. The van der Waals surface area contributed by atoms with Gasteiger partial charge in [-0.25, -0.2) is 4.98 Å². The molecule has 4 heterocycles. The fourth-order valence-electron chi connectivity index (χ4n) is 3.79. The lowest BCUT2D eigenvalue weighted by Crippen LogP contribution is -2.33. The minimum Gasteiger partial charge on any atom is -0.355 e. The van der Waals surface area contributed by atoms with Crippen LogP contribution in [-0.4, -0.2) is 37.9 Å². The van der Waals surface area contributed by atoms with Crippen molar-refractivity contribution in [3.63, 3.8) is 0 Å². The van der Waals surface area contributed by atoms with Gasteiger partial charge in [0.2, 0.25) is 0 Å². The second-order valence-electron chi connectivity index (χ2n) is 7.41. The molecule has 0 bridgehead atoms. The molecule has 6 nitrogen and oxygen atoms in total. The smallest absolute Gasteiger partial charge is 0.178 e. The van der Waals surface area contributed by atoms with Gasteiger partial charge < -0.3 is 4.90 Å². The summed E-state index contributed by atoms with van der Waals surface area (Å²) in [6.45, 7) is 6.45. The first-order valence-electron chi connectivity index (χ1n) is 9.08. The fraction of sp³-hybridized carbons (Fsp3) is 0.556. The van der Waals surface area contributed by atoms with Gasteiger partial charge in [-0.05, 0) is 44.2 Å². The van der Waals surface area contributed by atoms with E-state index >= 15 is 0 Å². The van der Waals surface area contributed by atoms with Crippen LogP contribution in [0.15, 0.2) is 18.3 Å². The highest BCUT2D eigenvalue weighted by molar-refractivity contribution is 7.11. The third kappa shape index (κ3) is 2.70. The molecule has 2 aliphatic rings. The van der Waals surface area contributed by atoms with Crippen molar-refractivity contribution in [2.75, 3.05) is 18.0 Å². The Balaban J connectivity index is 1.35. The Morgan fingerprint density at radius 3 is 2.64 bits per heavy atom. The van der Waals surface area contributed by atoms with Gasteiger partial charge in [0.05, 0.1) is 5.01 Å². The van der Waals surface area contributed by atoms with E-state index in [0.29, 0.717) is 17.8 Å². The van der Waals surface area contributed by atoms with Gasteiger partial charge in [0.1, 0.15) is 5.82 Å². The summed E-state index contributed by atoms with van der Waals surface area (Å²) in [6, 6.07) is 4.13. The van der Waals surface area contributed by atoms with E-state index in [0.717, 1.165) is 43.2 Å². The van der Waals surface area contributed by atoms with Crippen molar-refractivity contribution >= 4 is 22.8 Å². The molecule has 2 unspecified atom stereocenters.